The highest BCUT2D eigenvalue weighted by atomic mass is 32.2. The van der Waals surface area contributed by atoms with E-state index in [9.17, 15) is 17.2 Å². The lowest BCUT2D eigenvalue weighted by molar-refractivity contribution is 0.00776. The fraction of sp³-hybridized carbons (Fsp3) is 0.600. The zero-order chi connectivity index (χ0) is 17.0. The third-order valence-electron chi connectivity index (χ3n) is 3.97. The van der Waals surface area contributed by atoms with Crippen molar-refractivity contribution in [3.05, 3.63) is 29.8 Å². The zero-order valence-corrected chi connectivity index (χ0v) is 14.1. The van der Waals surface area contributed by atoms with Crippen molar-refractivity contribution in [2.75, 3.05) is 32.8 Å². The largest absolute Gasteiger partial charge is 0.379 e. The fourth-order valence-electron chi connectivity index (χ4n) is 2.62. The van der Waals surface area contributed by atoms with Crippen LogP contribution in [0.5, 0.6) is 0 Å². The molecule has 0 aromatic heterocycles. The predicted octanol–water partition coefficient (Wildman–Crippen LogP) is 1.60. The molecule has 0 spiro atoms. The first-order valence-corrected chi connectivity index (χ1v) is 9.06. The molecule has 0 saturated carbocycles. The van der Waals surface area contributed by atoms with E-state index in [-0.39, 0.29) is 23.4 Å². The van der Waals surface area contributed by atoms with Crippen molar-refractivity contribution in [1.29, 1.82) is 0 Å². The molecule has 1 heterocycles. The summed E-state index contributed by atoms with van der Waals surface area (Å²) in [6, 6.07) is 2.57. The lowest BCUT2D eigenvalue weighted by Gasteiger charge is -2.36. The molecule has 5 nitrogen and oxygen atoms in total. The Kier molecular flexibility index (Phi) is 6.07. The number of sulfonamides is 1. The topological polar surface area (TPSA) is 58.6 Å². The second-order valence-electron chi connectivity index (χ2n) is 5.89. The molecule has 0 aliphatic carbocycles. The molecule has 1 unspecified atom stereocenters. The van der Waals surface area contributed by atoms with Crippen molar-refractivity contribution < 1.29 is 21.9 Å². The number of rotatable bonds is 6. The Morgan fingerprint density at radius 2 is 1.87 bits per heavy atom. The number of hydrogen-bond acceptors (Lipinski definition) is 4. The second kappa shape index (κ2) is 7.65. The maximum absolute atomic E-state index is 13.2. The van der Waals surface area contributed by atoms with Gasteiger partial charge in [0.25, 0.3) is 0 Å². The van der Waals surface area contributed by atoms with E-state index in [1.807, 2.05) is 13.8 Å². The molecule has 0 bridgehead atoms. The van der Waals surface area contributed by atoms with Crippen molar-refractivity contribution in [1.82, 2.24) is 9.62 Å². The summed E-state index contributed by atoms with van der Waals surface area (Å²) in [5.74, 6) is -2.01. The summed E-state index contributed by atoms with van der Waals surface area (Å²) in [5, 5.41) is 0. The van der Waals surface area contributed by atoms with Gasteiger partial charge in [0.2, 0.25) is 10.0 Å². The molecule has 0 amide bonds. The summed E-state index contributed by atoms with van der Waals surface area (Å²) < 4.78 is 58.5. The van der Waals surface area contributed by atoms with Crippen LogP contribution in [-0.2, 0) is 14.8 Å². The molecule has 1 aromatic rings. The first kappa shape index (κ1) is 18.3. The summed E-state index contributed by atoms with van der Waals surface area (Å²) in [6.45, 7) is 6.99. The minimum Gasteiger partial charge on any atom is -0.379 e. The summed E-state index contributed by atoms with van der Waals surface area (Å²) in [4.78, 5) is 1.91. The van der Waals surface area contributed by atoms with Crippen LogP contribution in [0.25, 0.3) is 0 Å². The number of hydrogen-bond donors (Lipinski definition) is 1. The van der Waals surface area contributed by atoms with Crippen LogP contribution in [0.1, 0.15) is 13.8 Å². The van der Waals surface area contributed by atoms with Gasteiger partial charge in [-0.1, -0.05) is 13.8 Å². The maximum atomic E-state index is 13.2. The van der Waals surface area contributed by atoms with Crippen LogP contribution in [-0.4, -0.2) is 52.2 Å². The molecule has 1 saturated heterocycles. The first-order valence-electron chi connectivity index (χ1n) is 7.58. The third kappa shape index (κ3) is 4.69. The van der Waals surface area contributed by atoms with Gasteiger partial charge in [-0.15, -0.1) is 0 Å². The van der Waals surface area contributed by atoms with Crippen molar-refractivity contribution in [3.8, 4) is 0 Å². The number of benzene rings is 1. The molecule has 1 aliphatic heterocycles. The molecule has 1 aromatic carbocycles. The van der Waals surface area contributed by atoms with Gasteiger partial charge in [-0.2, -0.15) is 0 Å². The SMILES string of the molecule is CC(C)C(CNS(=O)(=O)c1ccc(F)c(F)c1)N1CCOCC1. The number of ether oxygens (including phenoxy) is 1. The van der Waals surface area contributed by atoms with Crippen LogP contribution in [0, 0.1) is 17.6 Å². The van der Waals surface area contributed by atoms with Gasteiger partial charge in [-0.25, -0.2) is 21.9 Å². The minimum absolute atomic E-state index is 0.0129. The average Bonchev–Trinajstić information content (AvgIpc) is 2.50. The highest BCUT2D eigenvalue weighted by molar-refractivity contribution is 7.89. The van der Waals surface area contributed by atoms with Crippen LogP contribution in [0.15, 0.2) is 23.1 Å². The summed E-state index contributed by atoms with van der Waals surface area (Å²) in [7, 11) is -3.88. The van der Waals surface area contributed by atoms with Gasteiger partial charge in [-0.3, -0.25) is 4.90 Å². The smallest absolute Gasteiger partial charge is 0.240 e. The lowest BCUT2D eigenvalue weighted by atomic mass is 10.0. The highest BCUT2D eigenvalue weighted by Crippen LogP contribution is 2.16. The van der Waals surface area contributed by atoms with Crippen LogP contribution < -0.4 is 4.72 Å². The Balaban J connectivity index is 2.07. The molecule has 1 atom stereocenters. The van der Waals surface area contributed by atoms with Gasteiger partial charge < -0.3 is 4.74 Å². The van der Waals surface area contributed by atoms with E-state index in [0.29, 0.717) is 19.3 Å². The summed E-state index contributed by atoms with van der Waals surface area (Å²) in [5.41, 5.74) is 0. The number of nitrogens with zero attached hydrogens (tertiary/aromatic N) is 1. The molecule has 2 rings (SSSR count). The Morgan fingerprint density at radius 1 is 1.22 bits per heavy atom. The summed E-state index contributed by atoms with van der Waals surface area (Å²) in [6.07, 6.45) is 0. The van der Waals surface area contributed by atoms with Gasteiger partial charge >= 0.3 is 0 Å². The lowest BCUT2D eigenvalue weighted by Crippen LogP contribution is -2.51. The van der Waals surface area contributed by atoms with E-state index >= 15 is 0 Å². The fourth-order valence-corrected chi connectivity index (χ4v) is 3.68. The zero-order valence-electron chi connectivity index (χ0n) is 13.3. The normalized spacial score (nSPS) is 18.3. The van der Waals surface area contributed by atoms with Gasteiger partial charge in [0, 0.05) is 25.7 Å². The van der Waals surface area contributed by atoms with E-state index in [1.54, 1.807) is 0 Å². The van der Waals surface area contributed by atoms with Crippen LogP contribution >= 0.6 is 0 Å². The van der Waals surface area contributed by atoms with Crippen LogP contribution in [0.4, 0.5) is 8.78 Å². The van der Waals surface area contributed by atoms with Gasteiger partial charge in [0.1, 0.15) is 0 Å². The molecule has 1 aliphatic rings. The number of halogens is 2. The number of morpholine rings is 1. The molecule has 1 N–H and O–H groups in total. The van der Waals surface area contributed by atoms with E-state index in [1.165, 1.54) is 0 Å². The van der Waals surface area contributed by atoms with Crippen LogP contribution in [0.3, 0.4) is 0 Å². The molecule has 1 fully saturated rings. The standard InChI is InChI=1S/C15H22F2N2O3S/c1-11(2)15(19-5-7-22-8-6-19)10-18-23(20,21)12-3-4-13(16)14(17)9-12/h3-4,9,11,15,18H,5-8,10H2,1-2H3. The Labute approximate surface area is 135 Å². The molecule has 8 heteroatoms. The van der Waals surface area contributed by atoms with E-state index in [4.69, 9.17) is 4.74 Å². The first-order chi connectivity index (χ1) is 10.8. The van der Waals surface area contributed by atoms with Crippen molar-refractivity contribution in [3.63, 3.8) is 0 Å². The molecular formula is C15H22F2N2O3S. The monoisotopic (exact) mass is 348 g/mol. The van der Waals surface area contributed by atoms with Gasteiger partial charge in [0.15, 0.2) is 11.6 Å². The van der Waals surface area contributed by atoms with E-state index in [2.05, 4.69) is 9.62 Å². The Hall–Kier alpha value is -1.09. The van der Waals surface area contributed by atoms with Crippen LogP contribution in [0.2, 0.25) is 0 Å². The van der Waals surface area contributed by atoms with Crippen molar-refractivity contribution in [2.24, 2.45) is 5.92 Å². The van der Waals surface area contributed by atoms with Gasteiger partial charge in [0.05, 0.1) is 18.1 Å². The third-order valence-corrected chi connectivity index (χ3v) is 5.39. The molecular weight excluding hydrogens is 326 g/mol. The maximum Gasteiger partial charge on any atom is 0.240 e. The quantitative estimate of drug-likeness (QED) is 0.848. The number of nitrogens with one attached hydrogen (secondary N) is 1. The molecule has 0 radical (unpaired) electrons. The predicted molar refractivity (Wildman–Crippen MR) is 82.6 cm³/mol. The van der Waals surface area contributed by atoms with Gasteiger partial charge in [-0.05, 0) is 24.1 Å². The average molecular weight is 348 g/mol. The molecule has 23 heavy (non-hydrogen) atoms. The highest BCUT2D eigenvalue weighted by Gasteiger charge is 2.26. The second-order valence-corrected chi connectivity index (χ2v) is 7.65. The van der Waals surface area contributed by atoms with E-state index in [0.717, 1.165) is 25.2 Å². The Morgan fingerprint density at radius 3 is 2.43 bits per heavy atom. The van der Waals surface area contributed by atoms with Crippen molar-refractivity contribution >= 4 is 10.0 Å². The molecule has 130 valence electrons. The van der Waals surface area contributed by atoms with E-state index < -0.39 is 21.7 Å². The minimum atomic E-state index is -3.88. The Bertz CT molecular complexity index is 632. The summed E-state index contributed by atoms with van der Waals surface area (Å²) >= 11 is 0. The van der Waals surface area contributed by atoms with Crippen molar-refractivity contribution in [2.45, 2.75) is 24.8 Å².